The predicted molar refractivity (Wildman–Crippen MR) is 103 cm³/mol. The molecule has 0 fully saturated rings. The van der Waals surface area contributed by atoms with Crippen molar-refractivity contribution in [2.45, 2.75) is 16.7 Å². The Balaban J connectivity index is 2.41. The summed E-state index contributed by atoms with van der Waals surface area (Å²) < 4.78 is 26.5. The standard InChI is InChI=1S/C20H14N4O3S/c1-12-6-8-13(9-7-12)28(26,27)17-5-3-2-4-14(17)18-15(10-21)19(23)24-20(25)16(18)11-22/h2-9H,1H3,(H3,23,24,25). The average Bonchev–Trinajstić information content (AvgIpc) is 2.68. The van der Waals surface area contributed by atoms with Crippen molar-refractivity contribution in [2.75, 3.05) is 5.73 Å². The number of benzene rings is 2. The van der Waals surface area contributed by atoms with E-state index in [4.69, 9.17) is 5.73 Å². The Morgan fingerprint density at radius 3 is 2.18 bits per heavy atom. The number of aromatic nitrogens is 1. The second-order valence-electron chi connectivity index (χ2n) is 6.03. The minimum atomic E-state index is -3.98. The van der Waals surface area contributed by atoms with Gasteiger partial charge in [-0.1, -0.05) is 35.9 Å². The number of nitrogens with one attached hydrogen (secondary N) is 1. The van der Waals surface area contributed by atoms with E-state index in [9.17, 15) is 23.7 Å². The molecule has 0 aliphatic heterocycles. The SMILES string of the molecule is Cc1ccc(S(=O)(=O)c2ccccc2-c2c(C#N)c(N)[nH]c(=O)c2C#N)cc1. The molecule has 0 radical (unpaired) electrons. The highest BCUT2D eigenvalue weighted by atomic mass is 32.2. The largest absolute Gasteiger partial charge is 0.384 e. The lowest BCUT2D eigenvalue weighted by molar-refractivity contribution is 0.596. The second-order valence-corrected chi connectivity index (χ2v) is 7.95. The number of hydrogen-bond donors (Lipinski definition) is 2. The molecule has 0 saturated heterocycles. The molecule has 0 aliphatic carbocycles. The Morgan fingerprint density at radius 1 is 0.964 bits per heavy atom. The van der Waals surface area contributed by atoms with Gasteiger partial charge in [-0.15, -0.1) is 0 Å². The molecule has 3 N–H and O–H groups in total. The molecule has 2 aromatic carbocycles. The van der Waals surface area contributed by atoms with E-state index in [2.05, 4.69) is 4.98 Å². The summed E-state index contributed by atoms with van der Waals surface area (Å²) in [6, 6.07) is 15.8. The summed E-state index contributed by atoms with van der Waals surface area (Å²) in [5, 5.41) is 18.9. The van der Waals surface area contributed by atoms with Crippen LogP contribution < -0.4 is 11.3 Å². The van der Waals surface area contributed by atoms with Crippen molar-refractivity contribution >= 4 is 15.7 Å². The second kappa shape index (κ2) is 7.03. The Hall–Kier alpha value is -3.88. The molecule has 0 amide bonds. The lowest BCUT2D eigenvalue weighted by atomic mass is 9.96. The average molecular weight is 390 g/mol. The van der Waals surface area contributed by atoms with Gasteiger partial charge in [0.15, 0.2) is 0 Å². The number of pyridine rings is 1. The summed E-state index contributed by atoms with van der Waals surface area (Å²) in [7, 11) is -3.98. The van der Waals surface area contributed by atoms with Gasteiger partial charge in [0.1, 0.15) is 29.1 Å². The molecule has 138 valence electrons. The maximum Gasteiger partial charge on any atom is 0.268 e. The van der Waals surface area contributed by atoms with E-state index in [-0.39, 0.29) is 37.9 Å². The van der Waals surface area contributed by atoms with E-state index in [0.29, 0.717) is 0 Å². The highest BCUT2D eigenvalue weighted by Gasteiger charge is 2.26. The number of nitriles is 2. The minimum Gasteiger partial charge on any atom is -0.384 e. The third-order valence-corrected chi connectivity index (χ3v) is 6.07. The van der Waals surface area contributed by atoms with Gasteiger partial charge in [-0.2, -0.15) is 10.5 Å². The van der Waals surface area contributed by atoms with E-state index in [1.807, 2.05) is 13.0 Å². The number of aryl methyl sites for hydroxylation is 1. The van der Waals surface area contributed by atoms with Gasteiger partial charge < -0.3 is 10.7 Å². The fraction of sp³-hybridized carbons (Fsp3) is 0.0500. The molecule has 1 heterocycles. The maximum atomic E-state index is 13.2. The van der Waals surface area contributed by atoms with Crippen LogP contribution in [0, 0.1) is 29.6 Å². The fourth-order valence-corrected chi connectivity index (χ4v) is 4.33. The van der Waals surface area contributed by atoms with Crippen LogP contribution in [-0.2, 0) is 9.84 Å². The first-order valence-electron chi connectivity index (χ1n) is 8.08. The van der Waals surface area contributed by atoms with Crippen LogP contribution in [0.15, 0.2) is 63.1 Å². The normalized spacial score (nSPS) is 10.8. The zero-order valence-electron chi connectivity index (χ0n) is 14.7. The highest BCUT2D eigenvalue weighted by Crippen LogP contribution is 2.35. The van der Waals surface area contributed by atoms with Gasteiger partial charge in [0.2, 0.25) is 9.84 Å². The van der Waals surface area contributed by atoms with Gasteiger partial charge in [0.25, 0.3) is 5.56 Å². The van der Waals surface area contributed by atoms with Crippen molar-refractivity contribution in [3.05, 3.63) is 75.6 Å². The molecule has 0 bridgehead atoms. The Morgan fingerprint density at radius 2 is 1.57 bits per heavy atom. The number of aromatic amines is 1. The van der Waals surface area contributed by atoms with Gasteiger partial charge in [-0.25, -0.2) is 8.42 Å². The summed E-state index contributed by atoms with van der Waals surface area (Å²) in [4.78, 5) is 14.4. The third kappa shape index (κ3) is 3.02. The van der Waals surface area contributed by atoms with Crippen LogP contribution in [0.4, 0.5) is 5.82 Å². The zero-order valence-corrected chi connectivity index (χ0v) is 15.5. The van der Waals surface area contributed by atoms with Gasteiger partial charge >= 0.3 is 0 Å². The molecule has 0 unspecified atom stereocenters. The first kappa shape index (κ1) is 18.9. The van der Waals surface area contributed by atoms with Crippen molar-refractivity contribution in [3.63, 3.8) is 0 Å². The predicted octanol–water partition coefficient (Wildman–Crippen LogP) is 2.51. The van der Waals surface area contributed by atoms with Crippen molar-refractivity contribution in [3.8, 4) is 23.3 Å². The number of anilines is 1. The van der Waals surface area contributed by atoms with E-state index in [0.717, 1.165) is 5.56 Å². The van der Waals surface area contributed by atoms with Crippen molar-refractivity contribution in [1.82, 2.24) is 4.98 Å². The van der Waals surface area contributed by atoms with E-state index >= 15 is 0 Å². The number of nitrogens with zero attached hydrogens (tertiary/aromatic N) is 2. The van der Waals surface area contributed by atoms with Crippen LogP contribution in [0.2, 0.25) is 0 Å². The zero-order chi connectivity index (χ0) is 20.5. The van der Waals surface area contributed by atoms with Crippen LogP contribution in [-0.4, -0.2) is 13.4 Å². The summed E-state index contributed by atoms with van der Waals surface area (Å²) in [6.45, 7) is 1.84. The maximum absolute atomic E-state index is 13.2. The number of H-pyrrole nitrogens is 1. The fourth-order valence-electron chi connectivity index (χ4n) is 2.86. The van der Waals surface area contributed by atoms with Crippen LogP contribution in [0.1, 0.15) is 16.7 Å². The molecular formula is C20H14N4O3S. The Bertz CT molecular complexity index is 1330. The molecule has 3 rings (SSSR count). The van der Waals surface area contributed by atoms with Crippen LogP contribution >= 0.6 is 0 Å². The lowest BCUT2D eigenvalue weighted by Crippen LogP contribution is -2.17. The number of rotatable bonds is 3. The number of sulfone groups is 1. The molecule has 3 aromatic rings. The van der Waals surface area contributed by atoms with Crippen molar-refractivity contribution in [1.29, 1.82) is 10.5 Å². The molecule has 0 spiro atoms. The van der Waals surface area contributed by atoms with E-state index in [1.165, 1.54) is 30.3 Å². The number of nitrogens with two attached hydrogens (primary N) is 1. The monoisotopic (exact) mass is 390 g/mol. The number of nitrogen functional groups attached to an aromatic ring is 1. The third-order valence-electron chi connectivity index (χ3n) is 4.25. The summed E-state index contributed by atoms with van der Waals surface area (Å²) >= 11 is 0. The van der Waals surface area contributed by atoms with E-state index < -0.39 is 15.4 Å². The highest BCUT2D eigenvalue weighted by molar-refractivity contribution is 7.91. The molecule has 1 aromatic heterocycles. The summed E-state index contributed by atoms with van der Waals surface area (Å²) in [6.07, 6.45) is 0. The molecule has 0 saturated carbocycles. The lowest BCUT2D eigenvalue weighted by Gasteiger charge is -2.14. The van der Waals surface area contributed by atoms with Gasteiger partial charge in [-0.05, 0) is 25.1 Å². The molecule has 28 heavy (non-hydrogen) atoms. The van der Waals surface area contributed by atoms with Crippen LogP contribution in [0.5, 0.6) is 0 Å². The summed E-state index contributed by atoms with van der Waals surface area (Å²) in [5.74, 6) is -0.232. The van der Waals surface area contributed by atoms with Gasteiger partial charge in [0.05, 0.1) is 9.79 Å². The topological polar surface area (TPSA) is 141 Å². The molecule has 7 nitrogen and oxygen atoms in total. The van der Waals surface area contributed by atoms with Crippen LogP contribution in [0.3, 0.4) is 0 Å². The van der Waals surface area contributed by atoms with Gasteiger partial charge in [-0.3, -0.25) is 4.79 Å². The first-order chi connectivity index (χ1) is 13.3. The molecular weight excluding hydrogens is 376 g/mol. The molecule has 0 atom stereocenters. The van der Waals surface area contributed by atoms with Gasteiger partial charge in [0, 0.05) is 11.1 Å². The molecule has 0 aliphatic rings. The van der Waals surface area contributed by atoms with Crippen molar-refractivity contribution in [2.24, 2.45) is 0 Å². The minimum absolute atomic E-state index is 0.0559. The van der Waals surface area contributed by atoms with Crippen LogP contribution in [0.25, 0.3) is 11.1 Å². The summed E-state index contributed by atoms with van der Waals surface area (Å²) in [5.41, 5.74) is 5.27. The Kier molecular flexibility index (Phi) is 4.74. The Labute approximate surface area is 161 Å². The van der Waals surface area contributed by atoms with E-state index in [1.54, 1.807) is 24.3 Å². The van der Waals surface area contributed by atoms with Crippen molar-refractivity contribution < 1.29 is 8.42 Å². The first-order valence-corrected chi connectivity index (χ1v) is 9.56. The number of hydrogen-bond acceptors (Lipinski definition) is 6. The quantitative estimate of drug-likeness (QED) is 0.704. The molecule has 8 heteroatoms. The smallest absolute Gasteiger partial charge is 0.268 e.